The van der Waals surface area contributed by atoms with Crippen LogP contribution < -0.4 is 0 Å². The monoisotopic (exact) mass is 239 g/mol. The molecule has 16 heavy (non-hydrogen) atoms. The van der Waals surface area contributed by atoms with Crippen LogP contribution in [0, 0.1) is 6.57 Å². The molecule has 6 heteroatoms. The lowest BCUT2D eigenvalue weighted by Gasteiger charge is -2.13. The molecule has 0 aliphatic heterocycles. The Kier molecular flexibility index (Phi) is 5.94. The van der Waals surface area contributed by atoms with E-state index in [0.717, 1.165) is 0 Å². The highest BCUT2D eigenvalue weighted by Crippen LogP contribution is 2.23. The second-order valence-electron chi connectivity index (χ2n) is 3.20. The summed E-state index contributed by atoms with van der Waals surface area (Å²) >= 11 is 5.32. The highest BCUT2D eigenvalue weighted by molar-refractivity contribution is 6.31. The molecule has 0 heterocycles. The third-order valence-electron chi connectivity index (χ3n) is 1.93. The number of rotatable bonds is 6. The Labute approximate surface area is 98.1 Å². The topological polar surface area (TPSA) is 74.9 Å². The number of hydrogen-bond donors (Lipinski definition) is 0. The fraction of sp³-hybridized carbons (Fsp3) is 0.400. The van der Waals surface area contributed by atoms with E-state index < -0.39 is 11.3 Å². The van der Waals surface area contributed by atoms with E-state index in [-0.39, 0.29) is 18.6 Å². The summed E-state index contributed by atoms with van der Waals surface area (Å²) in [5, 5.41) is 0. The second kappa shape index (κ2) is 6.67. The first-order chi connectivity index (χ1) is 7.52. The average molecular weight is 240 g/mol. The van der Waals surface area contributed by atoms with Crippen molar-refractivity contribution in [3.05, 3.63) is 28.6 Å². The zero-order chi connectivity index (χ0) is 12.6. The Hall–Kier alpha value is -1.76. The number of nitrogens with zero attached hydrogens (tertiary/aromatic N) is 3. The second-order valence-corrected chi connectivity index (χ2v) is 3.45. The van der Waals surface area contributed by atoms with E-state index in [0.29, 0.717) is 6.21 Å². The van der Waals surface area contributed by atoms with Crippen LogP contribution in [-0.2, 0) is 9.59 Å². The van der Waals surface area contributed by atoms with E-state index in [9.17, 15) is 9.59 Å². The lowest BCUT2D eigenvalue weighted by atomic mass is 9.86. The van der Waals surface area contributed by atoms with Gasteiger partial charge in [-0.25, -0.2) is 6.57 Å². The van der Waals surface area contributed by atoms with Gasteiger partial charge in [-0.3, -0.25) is 9.59 Å². The molecule has 0 aromatic heterocycles. The first-order valence-electron chi connectivity index (χ1n) is 4.37. The van der Waals surface area contributed by atoms with E-state index in [1.54, 1.807) is 0 Å². The van der Waals surface area contributed by atoms with Gasteiger partial charge < -0.3 is 10.4 Å². The summed E-state index contributed by atoms with van der Waals surface area (Å²) in [4.78, 5) is 28.4. The third-order valence-corrected chi connectivity index (χ3v) is 2.11. The first kappa shape index (κ1) is 14.2. The zero-order valence-electron chi connectivity index (χ0n) is 8.68. The van der Waals surface area contributed by atoms with Crippen LogP contribution in [0.2, 0.25) is 0 Å². The summed E-state index contributed by atoms with van der Waals surface area (Å²) in [6, 6.07) is 0. The Bertz CT molecular complexity index is 405. The van der Waals surface area contributed by atoms with Crippen LogP contribution in [0.1, 0.15) is 19.8 Å². The zero-order valence-corrected chi connectivity index (χ0v) is 9.44. The molecular weight excluding hydrogens is 230 g/mol. The normalized spacial score (nSPS) is 13.6. The van der Waals surface area contributed by atoms with Gasteiger partial charge in [-0.15, -0.1) is 0 Å². The number of ketones is 2. The van der Waals surface area contributed by atoms with Crippen molar-refractivity contribution in [1.29, 1.82) is 0 Å². The van der Waals surface area contributed by atoms with Gasteiger partial charge in [0.1, 0.15) is 5.78 Å². The van der Waals surface area contributed by atoms with Gasteiger partial charge in [0.25, 0.3) is 0 Å². The summed E-state index contributed by atoms with van der Waals surface area (Å²) in [5.41, 5.74) is 7.89. The van der Waals surface area contributed by atoms with E-state index in [1.807, 2.05) is 0 Å². The SMILES string of the molecule is [C-]#[N+][C@](CC=CCl)(CC(C)=O)C(=O)C=[N+]=[N-]. The molecule has 0 aliphatic carbocycles. The van der Waals surface area contributed by atoms with Crippen LogP contribution in [0.3, 0.4) is 0 Å². The number of Topliss-reactive ketones (excluding diaryl/α,β-unsaturated/α-hetero) is 2. The number of carbonyl (C=O) groups excluding carboxylic acids is 2. The Morgan fingerprint density at radius 3 is 2.56 bits per heavy atom. The van der Waals surface area contributed by atoms with Crippen LogP contribution in [0.25, 0.3) is 10.4 Å². The van der Waals surface area contributed by atoms with Crippen LogP contribution in [0.5, 0.6) is 0 Å². The van der Waals surface area contributed by atoms with Crippen LogP contribution in [0.4, 0.5) is 0 Å². The van der Waals surface area contributed by atoms with Gasteiger partial charge in [0.15, 0.2) is 0 Å². The largest absolute Gasteiger partial charge is 0.361 e. The molecule has 0 aromatic rings. The van der Waals surface area contributed by atoms with Gasteiger partial charge in [-0.05, 0) is 6.92 Å². The Balaban J connectivity index is 5.27. The minimum atomic E-state index is -1.55. The maximum Gasteiger partial charge on any atom is 0.331 e. The predicted octanol–water partition coefficient (Wildman–Crippen LogP) is 1.64. The number of hydrogen-bond acceptors (Lipinski definition) is 2. The lowest BCUT2D eigenvalue weighted by molar-refractivity contribution is -0.124. The van der Waals surface area contributed by atoms with Crippen molar-refractivity contribution in [3.8, 4) is 0 Å². The van der Waals surface area contributed by atoms with E-state index in [1.165, 1.54) is 18.5 Å². The molecule has 0 aromatic carbocycles. The highest BCUT2D eigenvalue weighted by Gasteiger charge is 2.46. The van der Waals surface area contributed by atoms with Gasteiger partial charge in [0.2, 0.25) is 0 Å². The van der Waals surface area contributed by atoms with E-state index in [2.05, 4.69) is 9.63 Å². The molecule has 1 atom stereocenters. The van der Waals surface area contributed by atoms with Crippen molar-refractivity contribution in [2.24, 2.45) is 0 Å². The molecule has 0 N–H and O–H groups in total. The van der Waals surface area contributed by atoms with E-state index >= 15 is 0 Å². The summed E-state index contributed by atoms with van der Waals surface area (Å²) in [6.07, 6.45) is 1.81. The summed E-state index contributed by atoms with van der Waals surface area (Å²) in [5.74, 6) is -1.01. The molecule has 0 spiro atoms. The molecule has 84 valence electrons. The Morgan fingerprint density at radius 2 is 2.19 bits per heavy atom. The van der Waals surface area contributed by atoms with Crippen molar-refractivity contribution in [2.45, 2.75) is 25.3 Å². The molecule has 5 nitrogen and oxygen atoms in total. The predicted molar refractivity (Wildman–Crippen MR) is 58.9 cm³/mol. The van der Waals surface area contributed by atoms with Crippen molar-refractivity contribution in [2.75, 3.05) is 0 Å². The average Bonchev–Trinajstić information content (AvgIpc) is 2.24. The Morgan fingerprint density at radius 1 is 1.56 bits per heavy atom. The summed E-state index contributed by atoms with van der Waals surface area (Å²) in [7, 11) is 0. The summed E-state index contributed by atoms with van der Waals surface area (Å²) < 4.78 is 0. The van der Waals surface area contributed by atoms with Crippen LogP contribution >= 0.6 is 11.6 Å². The molecule has 0 radical (unpaired) electrons. The molecule has 0 amide bonds. The number of carbonyl (C=O) groups is 2. The van der Waals surface area contributed by atoms with Crippen molar-refractivity contribution < 1.29 is 14.4 Å². The number of halogens is 1. The van der Waals surface area contributed by atoms with Gasteiger partial charge in [0, 0.05) is 5.54 Å². The lowest BCUT2D eigenvalue weighted by Crippen LogP contribution is -2.37. The van der Waals surface area contributed by atoms with Gasteiger partial charge >= 0.3 is 17.5 Å². The minimum Gasteiger partial charge on any atom is -0.361 e. The third kappa shape index (κ3) is 3.77. The van der Waals surface area contributed by atoms with Crippen LogP contribution in [0.15, 0.2) is 11.6 Å². The van der Waals surface area contributed by atoms with Gasteiger partial charge in [0.05, 0.1) is 12.8 Å². The fourth-order valence-electron chi connectivity index (χ4n) is 1.22. The van der Waals surface area contributed by atoms with Crippen molar-refractivity contribution in [1.82, 2.24) is 0 Å². The first-order valence-corrected chi connectivity index (χ1v) is 4.81. The molecule has 0 bridgehead atoms. The standard InChI is InChI=1S/C10H10ClN3O2/c1-8(15)6-10(13-2,4-3-5-11)9(16)7-14-12/h3,5,7H,4,6H2,1H3/t10-/m1/s1. The minimum absolute atomic E-state index is 0.00440. The van der Waals surface area contributed by atoms with Crippen LogP contribution in [-0.4, -0.2) is 28.1 Å². The molecule has 0 unspecified atom stereocenters. The molecule has 0 aliphatic rings. The van der Waals surface area contributed by atoms with Gasteiger partial charge in [-0.2, -0.15) is 4.79 Å². The molecule has 0 saturated heterocycles. The maximum atomic E-state index is 11.6. The molecule has 0 saturated carbocycles. The maximum absolute atomic E-state index is 11.6. The fourth-order valence-corrected chi connectivity index (χ4v) is 1.31. The highest BCUT2D eigenvalue weighted by atomic mass is 35.5. The smallest absolute Gasteiger partial charge is 0.331 e. The molecule has 0 fully saturated rings. The molecular formula is C10H10ClN3O2. The van der Waals surface area contributed by atoms with Crippen molar-refractivity contribution in [3.63, 3.8) is 0 Å². The molecule has 0 rings (SSSR count). The van der Waals surface area contributed by atoms with Crippen molar-refractivity contribution >= 4 is 29.4 Å². The van der Waals surface area contributed by atoms with Gasteiger partial charge in [-0.1, -0.05) is 17.7 Å². The summed E-state index contributed by atoms with van der Waals surface area (Å²) in [6.45, 7) is 8.31. The quantitative estimate of drug-likeness (QED) is 0.306. The van der Waals surface area contributed by atoms with E-state index in [4.69, 9.17) is 23.7 Å².